The first-order chi connectivity index (χ1) is 15.9. The van der Waals surface area contributed by atoms with E-state index in [0.717, 1.165) is 24.9 Å². The van der Waals surface area contributed by atoms with E-state index in [1.165, 1.54) is 44.1 Å². The van der Waals surface area contributed by atoms with E-state index < -0.39 is 0 Å². The zero-order chi connectivity index (χ0) is 21.3. The van der Waals surface area contributed by atoms with Gasteiger partial charge in [0.2, 0.25) is 0 Å². The van der Waals surface area contributed by atoms with E-state index in [-0.39, 0.29) is 0 Å². The Labute approximate surface area is 187 Å². The maximum Gasteiger partial charge on any atom is 0.0708 e. The van der Waals surface area contributed by atoms with Crippen molar-refractivity contribution in [3.63, 3.8) is 0 Å². The Morgan fingerprint density at radius 1 is 0.750 bits per heavy atom. The number of aromatic amines is 2. The van der Waals surface area contributed by atoms with Crippen LogP contribution in [0.15, 0.2) is 96.3 Å². The van der Waals surface area contributed by atoms with Gasteiger partial charge in [-0.2, -0.15) is 0 Å². The largest absolute Gasteiger partial charge is 0.361 e. The third kappa shape index (κ3) is 3.27. The third-order valence-corrected chi connectivity index (χ3v) is 6.61. The van der Waals surface area contributed by atoms with Gasteiger partial charge in [-0.25, -0.2) is 0 Å². The van der Waals surface area contributed by atoms with Crippen molar-refractivity contribution in [2.75, 3.05) is 0 Å². The molecule has 0 amide bonds. The Bertz CT molecular complexity index is 1390. The number of nitrogens with zero attached hydrogens (tertiary/aromatic N) is 1. The van der Waals surface area contributed by atoms with E-state index in [0.29, 0.717) is 5.92 Å². The van der Waals surface area contributed by atoms with Gasteiger partial charge in [0.25, 0.3) is 0 Å². The summed E-state index contributed by atoms with van der Waals surface area (Å²) in [7, 11) is 0. The molecule has 2 aromatic heterocycles. The highest BCUT2D eigenvalue weighted by molar-refractivity contribution is 6.16. The summed E-state index contributed by atoms with van der Waals surface area (Å²) < 4.78 is 0. The zero-order valence-corrected chi connectivity index (χ0v) is 17.9. The molecule has 1 aliphatic rings. The van der Waals surface area contributed by atoms with Crippen LogP contribution in [0.2, 0.25) is 0 Å². The Hall–Kier alpha value is -3.85. The molecule has 0 saturated heterocycles. The van der Waals surface area contributed by atoms with Gasteiger partial charge in [-0.1, -0.05) is 60.7 Å². The number of nitrogens with one attached hydrogen (secondary N) is 2. The first-order valence-corrected chi connectivity index (χ1v) is 11.3. The van der Waals surface area contributed by atoms with E-state index in [2.05, 4.69) is 100 Å². The first-order valence-electron chi connectivity index (χ1n) is 11.3. The number of rotatable bonds is 6. The molecule has 0 unspecified atom stereocenters. The van der Waals surface area contributed by atoms with Gasteiger partial charge in [-0.15, -0.1) is 0 Å². The molecule has 3 heterocycles. The minimum Gasteiger partial charge on any atom is -0.361 e. The minimum absolute atomic E-state index is 0.338. The Morgan fingerprint density at radius 3 is 2.09 bits per heavy atom. The molecular formula is C29H25N3. The predicted octanol–water partition coefficient (Wildman–Crippen LogP) is 7.75. The van der Waals surface area contributed by atoms with Gasteiger partial charge in [-0.05, 0) is 54.2 Å². The van der Waals surface area contributed by atoms with Crippen molar-refractivity contribution in [3.8, 4) is 0 Å². The van der Waals surface area contributed by atoms with Crippen LogP contribution in [0.3, 0.4) is 0 Å². The zero-order valence-electron chi connectivity index (χ0n) is 17.9. The van der Waals surface area contributed by atoms with Gasteiger partial charge in [0.15, 0.2) is 0 Å². The van der Waals surface area contributed by atoms with Crippen molar-refractivity contribution in [2.45, 2.75) is 25.2 Å². The van der Waals surface area contributed by atoms with Crippen molar-refractivity contribution < 1.29 is 0 Å². The first kappa shape index (κ1) is 18.9. The van der Waals surface area contributed by atoms with E-state index in [9.17, 15) is 0 Å². The van der Waals surface area contributed by atoms with Crippen molar-refractivity contribution in [1.82, 2.24) is 9.97 Å². The molecule has 0 saturated carbocycles. The summed E-state index contributed by atoms with van der Waals surface area (Å²) in [6, 6.07) is 25.6. The molecule has 3 aromatic carbocycles. The second-order valence-electron chi connectivity index (χ2n) is 8.50. The number of aliphatic imine (C=N–C) groups is 1. The average molecular weight is 416 g/mol. The summed E-state index contributed by atoms with van der Waals surface area (Å²) in [5.41, 5.74) is 8.74. The molecule has 3 nitrogen and oxygen atoms in total. The second kappa shape index (κ2) is 8.01. The SMILES string of the molecule is C1=Nc2ccccc2/C1=C/CCCC(c1c[nH]c2ccccc12)c1c[nH]c2ccccc12. The van der Waals surface area contributed by atoms with Crippen LogP contribution in [0.25, 0.3) is 27.4 Å². The number of unbranched alkanes of at least 4 members (excludes halogenated alkanes) is 1. The van der Waals surface area contributed by atoms with Crippen molar-refractivity contribution in [2.24, 2.45) is 4.99 Å². The van der Waals surface area contributed by atoms with Crippen molar-refractivity contribution >= 4 is 39.3 Å². The molecule has 5 aromatic rings. The van der Waals surface area contributed by atoms with E-state index in [4.69, 9.17) is 0 Å². The summed E-state index contributed by atoms with van der Waals surface area (Å²) in [5, 5.41) is 2.64. The number of hydrogen-bond donors (Lipinski definition) is 2. The number of hydrogen-bond acceptors (Lipinski definition) is 1. The van der Waals surface area contributed by atoms with Gasteiger partial charge >= 0.3 is 0 Å². The molecule has 3 heteroatoms. The molecule has 1 aliphatic heterocycles. The predicted molar refractivity (Wildman–Crippen MR) is 135 cm³/mol. The number of benzene rings is 3. The molecule has 2 N–H and O–H groups in total. The van der Waals surface area contributed by atoms with Crippen molar-refractivity contribution in [3.05, 3.63) is 108 Å². The molecule has 0 bridgehead atoms. The van der Waals surface area contributed by atoms with Gasteiger partial charge in [0.05, 0.1) is 5.69 Å². The van der Waals surface area contributed by atoms with E-state index in [1.807, 2.05) is 12.3 Å². The third-order valence-electron chi connectivity index (χ3n) is 6.61. The van der Waals surface area contributed by atoms with Crippen LogP contribution >= 0.6 is 0 Å². The Balaban J connectivity index is 1.30. The van der Waals surface area contributed by atoms with Gasteiger partial charge in [0.1, 0.15) is 0 Å². The highest BCUT2D eigenvalue weighted by atomic mass is 14.8. The lowest BCUT2D eigenvalue weighted by Crippen LogP contribution is -2.00. The van der Waals surface area contributed by atoms with Crippen LogP contribution in [0.1, 0.15) is 41.9 Å². The monoisotopic (exact) mass is 415 g/mol. The highest BCUT2D eigenvalue weighted by Gasteiger charge is 2.21. The minimum atomic E-state index is 0.338. The molecule has 0 aliphatic carbocycles. The van der Waals surface area contributed by atoms with Crippen LogP contribution in [0.4, 0.5) is 5.69 Å². The number of H-pyrrole nitrogens is 2. The lowest BCUT2D eigenvalue weighted by molar-refractivity contribution is 0.676. The molecular weight excluding hydrogens is 390 g/mol. The molecule has 0 radical (unpaired) electrons. The Morgan fingerprint density at radius 2 is 1.38 bits per heavy atom. The van der Waals surface area contributed by atoms with E-state index in [1.54, 1.807) is 0 Å². The molecule has 0 fully saturated rings. The van der Waals surface area contributed by atoms with Crippen molar-refractivity contribution in [1.29, 1.82) is 0 Å². The van der Waals surface area contributed by atoms with Crippen LogP contribution in [0.5, 0.6) is 0 Å². The molecule has 156 valence electrons. The smallest absolute Gasteiger partial charge is 0.0708 e. The number of fused-ring (bicyclic) bond motifs is 3. The van der Waals surface area contributed by atoms with Gasteiger partial charge in [0, 0.05) is 51.9 Å². The van der Waals surface area contributed by atoms with Crippen LogP contribution in [-0.2, 0) is 0 Å². The maximum absolute atomic E-state index is 4.54. The number of allylic oxidation sites excluding steroid dienone is 2. The topological polar surface area (TPSA) is 43.9 Å². The fraction of sp³-hybridized carbons (Fsp3) is 0.138. The fourth-order valence-corrected chi connectivity index (χ4v) is 5.02. The van der Waals surface area contributed by atoms with Crippen LogP contribution in [0, 0.1) is 0 Å². The maximum atomic E-state index is 4.54. The summed E-state index contributed by atoms with van der Waals surface area (Å²) in [6.45, 7) is 0. The highest BCUT2D eigenvalue weighted by Crippen LogP contribution is 2.38. The van der Waals surface area contributed by atoms with Crippen LogP contribution < -0.4 is 0 Å². The standard InChI is InChI=1S/C29H25N3/c1(9-20-17-30-27-14-6-3-10-21(20)27)2-11-22(25-18-31-28-15-7-4-12-23(25)28)26-19-32-29-16-8-5-13-24(26)29/h3-10,12-19,22,31-32H,1-2,11H2/b20-9+. The van der Waals surface area contributed by atoms with E-state index >= 15 is 0 Å². The molecule has 0 atom stereocenters. The van der Waals surface area contributed by atoms with Gasteiger partial charge < -0.3 is 9.97 Å². The fourth-order valence-electron chi connectivity index (χ4n) is 5.02. The summed E-state index contributed by atoms with van der Waals surface area (Å²) in [6.07, 6.45) is 12.0. The van der Waals surface area contributed by atoms with Crippen LogP contribution in [-0.4, -0.2) is 16.2 Å². The molecule has 0 spiro atoms. The summed E-state index contributed by atoms with van der Waals surface area (Å²) in [5.74, 6) is 0.338. The average Bonchev–Trinajstić information content (AvgIpc) is 3.56. The normalized spacial score (nSPS) is 14.2. The number of aromatic nitrogens is 2. The summed E-state index contributed by atoms with van der Waals surface area (Å²) >= 11 is 0. The molecule has 6 rings (SSSR count). The number of para-hydroxylation sites is 3. The second-order valence-corrected chi connectivity index (χ2v) is 8.50. The lowest BCUT2D eigenvalue weighted by atomic mass is 9.86. The molecule has 32 heavy (non-hydrogen) atoms. The van der Waals surface area contributed by atoms with Gasteiger partial charge in [-0.3, -0.25) is 4.99 Å². The Kier molecular flexibility index (Phi) is 4.73. The quantitative estimate of drug-likeness (QED) is 0.266. The lowest BCUT2D eigenvalue weighted by Gasteiger charge is -2.16. The summed E-state index contributed by atoms with van der Waals surface area (Å²) in [4.78, 5) is 11.5.